The van der Waals surface area contributed by atoms with Crippen LogP contribution in [-0.4, -0.2) is 0 Å². The molecule has 0 radical (unpaired) electrons. The average molecular weight is 134 g/mol. The second kappa shape index (κ2) is 2.02. The van der Waals surface area contributed by atoms with Crippen LogP contribution in [0.4, 0.5) is 0 Å². The van der Waals surface area contributed by atoms with Crippen LogP contribution in [0.3, 0.4) is 0 Å². The van der Waals surface area contributed by atoms with E-state index in [4.69, 9.17) is 6.42 Å². The van der Waals surface area contributed by atoms with E-state index in [2.05, 4.69) is 5.92 Å². The molecule has 0 N–H and O–H groups in total. The third-order valence-corrected chi connectivity index (χ3v) is 3.25. The molecule has 10 heavy (non-hydrogen) atoms. The van der Waals surface area contributed by atoms with Crippen molar-refractivity contribution in [2.24, 2.45) is 11.3 Å². The molecule has 0 heterocycles. The Morgan fingerprint density at radius 1 is 1.20 bits per heavy atom. The lowest BCUT2D eigenvalue weighted by Crippen LogP contribution is -2.18. The Kier molecular flexibility index (Phi) is 1.27. The van der Waals surface area contributed by atoms with Crippen LogP contribution in [0.15, 0.2) is 0 Å². The summed E-state index contributed by atoms with van der Waals surface area (Å²) in [5, 5.41) is 0. The lowest BCUT2D eigenvalue weighted by atomic mass is 9.77. The van der Waals surface area contributed by atoms with Crippen LogP contribution in [-0.2, 0) is 0 Å². The van der Waals surface area contributed by atoms with Gasteiger partial charge in [-0.25, -0.2) is 0 Å². The van der Waals surface area contributed by atoms with Gasteiger partial charge in [0.05, 0.1) is 0 Å². The molecule has 2 aliphatic rings. The normalized spacial score (nSPS) is 35.3. The standard InChI is InChI=1S/C10H14/c1-2-9-5-3-4-6-10(9)7-8-10/h1,9H,3-8H2. The molecular weight excluding hydrogens is 120 g/mol. The summed E-state index contributed by atoms with van der Waals surface area (Å²) in [6, 6.07) is 0. The Morgan fingerprint density at radius 2 is 2.00 bits per heavy atom. The van der Waals surface area contributed by atoms with Crippen LogP contribution >= 0.6 is 0 Å². The van der Waals surface area contributed by atoms with Crippen molar-refractivity contribution in [1.82, 2.24) is 0 Å². The Labute approximate surface area is 63.0 Å². The third kappa shape index (κ3) is 0.770. The molecule has 54 valence electrons. The SMILES string of the molecule is C#CC1CCCCC12CC2. The zero-order chi connectivity index (χ0) is 7.03. The first-order valence-corrected chi connectivity index (χ1v) is 4.33. The largest absolute Gasteiger partial charge is 0.120 e. The summed E-state index contributed by atoms with van der Waals surface area (Å²) in [7, 11) is 0. The third-order valence-electron chi connectivity index (χ3n) is 3.25. The lowest BCUT2D eigenvalue weighted by Gasteiger charge is -2.27. The van der Waals surface area contributed by atoms with E-state index in [1.165, 1.54) is 38.5 Å². The van der Waals surface area contributed by atoms with E-state index in [1.807, 2.05) is 0 Å². The summed E-state index contributed by atoms with van der Waals surface area (Å²) in [6.07, 6.45) is 13.8. The average Bonchev–Trinajstić information content (AvgIpc) is 2.71. The molecule has 0 heteroatoms. The maximum absolute atomic E-state index is 5.47. The van der Waals surface area contributed by atoms with Crippen LogP contribution in [0.2, 0.25) is 0 Å². The predicted molar refractivity (Wildman–Crippen MR) is 42.5 cm³/mol. The van der Waals surface area contributed by atoms with Gasteiger partial charge in [0.1, 0.15) is 0 Å². The summed E-state index contributed by atoms with van der Waals surface area (Å²) in [5.41, 5.74) is 0.660. The number of hydrogen-bond acceptors (Lipinski definition) is 0. The van der Waals surface area contributed by atoms with Gasteiger partial charge in [-0.3, -0.25) is 0 Å². The summed E-state index contributed by atoms with van der Waals surface area (Å²) >= 11 is 0. The lowest BCUT2D eigenvalue weighted by molar-refractivity contribution is 0.269. The minimum atomic E-state index is 0.640. The minimum absolute atomic E-state index is 0.640. The molecule has 2 fully saturated rings. The number of hydrogen-bond donors (Lipinski definition) is 0. The van der Waals surface area contributed by atoms with E-state index in [9.17, 15) is 0 Å². The van der Waals surface area contributed by atoms with Crippen molar-refractivity contribution in [1.29, 1.82) is 0 Å². The summed E-state index contributed by atoms with van der Waals surface area (Å²) < 4.78 is 0. The van der Waals surface area contributed by atoms with Gasteiger partial charge in [0.2, 0.25) is 0 Å². The molecule has 1 atom stereocenters. The molecule has 2 aliphatic carbocycles. The van der Waals surface area contributed by atoms with Crippen molar-refractivity contribution in [2.75, 3.05) is 0 Å². The molecule has 0 saturated heterocycles. The Hall–Kier alpha value is -0.440. The first-order chi connectivity index (χ1) is 4.87. The van der Waals surface area contributed by atoms with Gasteiger partial charge in [0.15, 0.2) is 0 Å². The van der Waals surface area contributed by atoms with Crippen LogP contribution < -0.4 is 0 Å². The van der Waals surface area contributed by atoms with E-state index < -0.39 is 0 Å². The maximum Gasteiger partial charge on any atom is 0.0256 e. The zero-order valence-corrected chi connectivity index (χ0v) is 6.40. The van der Waals surface area contributed by atoms with Gasteiger partial charge in [0.25, 0.3) is 0 Å². The van der Waals surface area contributed by atoms with Crippen molar-refractivity contribution in [3.05, 3.63) is 0 Å². The molecule has 0 nitrogen and oxygen atoms in total. The van der Waals surface area contributed by atoms with Crippen molar-refractivity contribution >= 4 is 0 Å². The van der Waals surface area contributed by atoms with Gasteiger partial charge in [-0.2, -0.15) is 0 Å². The molecule has 0 aromatic carbocycles. The van der Waals surface area contributed by atoms with Crippen molar-refractivity contribution < 1.29 is 0 Å². The van der Waals surface area contributed by atoms with Gasteiger partial charge >= 0.3 is 0 Å². The Balaban J connectivity index is 2.09. The topological polar surface area (TPSA) is 0 Å². The van der Waals surface area contributed by atoms with Crippen LogP contribution in [0.1, 0.15) is 38.5 Å². The molecule has 0 bridgehead atoms. The highest BCUT2D eigenvalue weighted by molar-refractivity contribution is 5.11. The van der Waals surface area contributed by atoms with Gasteiger partial charge in [-0.1, -0.05) is 12.8 Å². The number of rotatable bonds is 0. The fraction of sp³-hybridized carbons (Fsp3) is 0.800. The molecule has 2 saturated carbocycles. The highest BCUT2D eigenvalue weighted by Gasteiger charge is 2.49. The van der Waals surface area contributed by atoms with E-state index in [1.54, 1.807) is 0 Å². The zero-order valence-electron chi connectivity index (χ0n) is 6.40. The molecule has 0 aromatic rings. The Bertz CT molecular complexity index is 169. The molecule has 0 amide bonds. The van der Waals surface area contributed by atoms with E-state index in [0.29, 0.717) is 11.3 Å². The number of terminal acetylenes is 1. The fourth-order valence-electron chi connectivity index (χ4n) is 2.33. The first kappa shape index (κ1) is 6.28. The van der Waals surface area contributed by atoms with Crippen molar-refractivity contribution in [3.8, 4) is 12.3 Å². The molecule has 1 spiro atoms. The van der Waals surface area contributed by atoms with Gasteiger partial charge < -0.3 is 0 Å². The van der Waals surface area contributed by atoms with E-state index in [-0.39, 0.29) is 0 Å². The fourth-order valence-corrected chi connectivity index (χ4v) is 2.33. The van der Waals surface area contributed by atoms with Crippen LogP contribution in [0, 0.1) is 23.7 Å². The summed E-state index contributed by atoms with van der Waals surface area (Å²) in [5.74, 6) is 3.60. The summed E-state index contributed by atoms with van der Waals surface area (Å²) in [6.45, 7) is 0. The van der Waals surface area contributed by atoms with Crippen LogP contribution in [0.25, 0.3) is 0 Å². The second-order valence-electron chi connectivity index (χ2n) is 3.83. The highest BCUT2D eigenvalue weighted by Crippen LogP contribution is 2.59. The minimum Gasteiger partial charge on any atom is -0.120 e. The molecular formula is C10H14. The molecule has 0 aromatic heterocycles. The predicted octanol–water partition coefficient (Wildman–Crippen LogP) is 2.59. The van der Waals surface area contributed by atoms with Crippen molar-refractivity contribution in [2.45, 2.75) is 38.5 Å². The second-order valence-corrected chi connectivity index (χ2v) is 3.83. The summed E-state index contributed by atoms with van der Waals surface area (Å²) in [4.78, 5) is 0. The van der Waals surface area contributed by atoms with E-state index >= 15 is 0 Å². The molecule has 0 aliphatic heterocycles. The maximum atomic E-state index is 5.47. The van der Waals surface area contributed by atoms with Crippen molar-refractivity contribution in [3.63, 3.8) is 0 Å². The van der Waals surface area contributed by atoms with Gasteiger partial charge in [0, 0.05) is 5.92 Å². The highest BCUT2D eigenvalue weighted by atomic mass is 14.5. The quantitative estimate of drug-likeness (QED) is 0.447. The van der Waals surface area contributed by atoms with Gasteiger partial charge in [-0.15, -0.1) is 12.3 Å². The Morgan fingerprint density at radius 3 is 2.50 bits per heavy atom. The molecule has 1 unspecified atom stereocenters. The van der Waals surface area contributed by atoms with E-state index in [0.717, 1.165) is 0 Å². The first-order valence-electron chi connectivity index (χ1n) is 4.33. The monoisotopic (exact) mass is 134 g/mol. The molecule has 2 rings (SSSR count). The van der Waals surface area contributed by atoms with Gasteiger partial charge in [-0.05, 0) is 31.1 Å². The smallest absolute Gasteiger partial charge is 0.0256 e. The van der Waals surface area contributed by atoms with Crippen LogP contribution in [0.5, 0.6) is 0 Å².